The lowest BCUT2D eigenvalue weighted by atomic mass is 9.77. The number of ether oxygens (including phenoxy) is 2. The Balaban J connectivity index is 1.95. The number of carbonyl (C=O) groups excluding carboxylic acids is 1. The van der Waals surface area contributed by atoms with Gasteiger partial charge in [-0.1, -0.05) is 29.3 Å². The molecule has 7 heteroatoms. The molecule has 0 aromatic heterocycles. The summed E-state index contributed by atoms with van der Waals surface area (Å²) in [5.74, 6) is -0.212. The molecule has 0 amide bonds. The summed E-state index contributed by atoms with van der Waals surface area (Å²) in [7, 11) is 0. The summed E-state index contributed by atoms with van der Waals surface area (Å²) in [6.07, 6.45) is 0. The van der Waals surface area contributed by atoms with Crippen molar-refractivity contribution in [2.75, 3.05) is 0 Å². The maximum Gasteiger partial charge on any atom is 0.340 e. The molecule has 2 aliphatic rings. The smallest absolute Gasteiger partial charge is 0.340 e. The molecule has 2 heterocycles. The summed E-state index contributed by atoms with van der Waals surface area (Å²) in [6.45, 7) is 0. The predicted molar refractivity (Wildman–Crippen MR) is 98.0 cm³/mol. The molecule has 0 fully saturated rings. The lowest BCUT2D eigenvalue weighted by Gasteiger charge is -2.37. The molecule has 3 aromatic carbocycles. The van der Waals surface area contributed by atoms with Gasteiger partial charge in [0.05, 0.1) is 10.6 Å². The summed E-state index contributed by atoms with van der Waals surface area (Å²) in [5.41, 5.74) is 0.325. The maximum absolute atomic E-state index is 12.7. The Morgan fingerprint density at radius 3 is 2.48 bits per heavy atom. The second-order valence-corrected chi connectivity index (χ2v) is 7.13. The summed E-state index contributed by atoms with van der Waals surface area (Å²) in [5, 5.41) is 20.3. The van der Waals surface area contributed by atoms with Crippen molar-refractivity contribution in [1.29, 1.82) is 0 Å². The molecule has 5 rings (SSSR count). The van der Waals surface area contributed by atoms with Crippen molar-refractivity contribution in [3.8, 4) is 23.0 Å². The van der Waals surface area contributed by atoms with E-state index in [9.17, 15) is 15.0 Å². The highest BCUT2D eigenvalue weighted by Crippen LogP contribution is 2.59. The Kier molecular flexibility index (Phi) is 3.21. The van der Waals surface area contributed by atoms with E-state index in [4.69, 9.17) is 32.7 Å². The molecule has 5 nitrogen and oxygen atoms in total. The van der Waals surface area contributed by atoms with Gasteiger partial charge in [0.15, 0.2) is 5.60 Å². The normalized spacial score (nSPS) is 19.1. The Hall–Kier alpha value is -2.89. The Morgan fingerprint density at radius 2 is 1.67 bits per heavy atom. The average Bonchev–Trinajstić information content (AvgIpc) is 2.92. The fourth-order valence-electron chi connectivity index (χ4n) is 3.73. The largest absolute Gasteiger partial charge is 0.508 e. The van der Waals surface area contributed by atoms with Crippen LogP contribution in [0, 0.1) is 0 Å². The second kappa shape index (κ2) is 5.31. The first-order valence-corrected chi connectivity index (χ1v) is 8.74. The Bertz CT molecular complexity index is 1160. The first-order chi connectivity index (χ1) is 12.9. The summed E-state index contributed by atoms with van der Waals surface area (Å²) >= 11 is 12.6. The number of carbonyl (C=O) groups is 1. The van der Waals surface area contributed by atoms with Crippen LogP contribution >= 0.6 is 23.2 Å². The number of benzene rings is 3. The van der Waals surface area contributed by atoms with Gasteiger partial charge in [-0.2, -0.15) is 0 Å². The Labute approximate surface area is 163 Å². The molecule has 0 aliphatic carbocycles. The molecule has 2 N–H and O–H groups in total. The molecule has 0 saturated heterocycles. The van der Waals surface area contributed by atoms with E-state index in [1.165, 1.54) is 24.3 Å². The van der Waals surface area contributed by atoms with Crippen LogP contribution < -0.4 is 4.74 Å². The zero-order valence-corrected chi connectivity index (χ0v) is 15.0. The van der Waals surface area contributed by atoms with Crippen LogP contribution in [0.15, 0.2) is 48.5 Å². The van der Waals surface area contributed by atoms with E-state index in [0.29, 0.717) is 27.3 Å². The van der Waals surface area contributed by atoms with Gasteiger partial charge in [0, 0.05) is 33.8 Å². The van der Waals surface area contributed by atoms with Crippen molar-refractivity contribution in [3.05, 3.63) is 80.8 Å². The number of hydrogen-bond acceptors (Lipinski definition) is 5. The van der Waals surface area contributed by atoms with Crippen LogP contribution in [-0.4, -0.2) is 16.2 Å². The third-order valence-electron chi connectivity index (χ3n) is 4.82. The number of hydrogen-bond donors (Lipinski definition) is 2. The van der Waals surface area contributed by atoms with E-state index in [1.54, 1.807) is 24.3 Å². The predicted octanol–water partition coefficient (Wildman–Crippen LogP) is 4.97. The highest BCUT2D eigenvalue weighted by atomic mass is 35.5. The van der Waals surface area contributed by atoms with E-state index < -0.39 is 11.6 Å². The van der Waals surface area contributed by atoms with Crippen LogP contribution in [0.3, 0.4) is 0 Å². The van der Waals surface area contributed by atoms with E-state index in [-0.39, 0.29) is 28.0 Å². The van der Waals surface area contributed by atoms with Crippen molar-refractivity contribution in [2.45, 2.75) is 5.60 Å². The van der Waals surface area contributed by atoms with Gasteiger partial charge in [-0.3, -0.25) is 0 Å². The summed E-state index contributed by atoms with van der Waals surface area (Å²) in [6, 6.07) is 12.3. The van der Waals surface area contributed by atoms with Crippen molar-refractivity contribution >= 4 is 29.2 Å². The van der Waals surface area contributed by atoms with Crippen LogP contribution in [0.5, 0.6) is 23.0 Å². The molecular formula is C20H10Cl2O5. The molecular weight excluding hydrogens is 391 g/mol. The fraction of sp³-hybridized carbons (Fsp3) is 0.0500. The third-order valence-corrected chi connectivity index (χ3v) is 5.44. The molecule has 134 valence electrons. The zero-order chi connectivity index (χ0) is 18.9. The molecule has 27 heavy (non-hydrogen) atoms. The summed E-state index contributed by atoms with van der Waals surface area (Å²) in [4.78, 5) is 12.7. The Morgan fingerprint density at radius 1 is 0.889 bits per heavy atom. The number of halogens is 2. The number of esters is 1. The number of rotatable bonds is 0. The van der Waals surface area contributed by atoms with Gasteiger partial charge < -0.3 is 19.7 Å². The van der Waals surface area contributed by atoms with Gasteiger partial charge >= 0.3 is 5.97 Å². The van der Waals surface area contributed by atoms with Crippen molar-refractivity contribution < 1.29 is 24.5 Å². The summed E-state index contributed by atoms with van der Waals surface area (Å²) < 4.78 is 11.8. The number of aromatic hydroxyl groups is 2. The van der Waals surface area contributed by atoms with Gasteiger partial charge in [-0.25, -0.2) is 4.79 Å². The number of phenolic OH excluding ortho intramolecular Hbond substituents is 2. The molecule has 3 aromatic rings. The van der Waals surface area contributed by atoms with Crippen LogP contribution in [0.1, 0.15) is 27.0 Å². The number of fused-ring (bicyclic) bond motifs is 6. The number of phenols is 2. The van der Waals surface area contributed by atoms with Crippen molar-refractivity contribution in [2.24, 2.45) is 0 Å². The minimum Gasteiger partial charge on any atom is -0.508 e. The molecule has 1 spiro atoms. The van der Waals surface area contributed by atoms with E-state index in [2.05, 4.69) is 0 Å². The van der Waals surface area contributed by atoms with Crippen LogP contribution in [0.4, 0.5) is 0 Å². The van der Waals surface area contributed by atoms with Crippen LogP contribution in [0.2, 0.25) is 10.0 Å². The molecule has 1 unspecified atom stereocenters. The van der Waals surface area contributed by atoms with Gasteiger partial charge in [-0.05, 0) is 30.3 Å². The second-order valence-electron chi connectivity index (χ2n) is 6.32. The molecule has 0 radical (unpaired) electrons. The average molecular weight is 401 g/mol. The quantitative estimate of drug-likeness (QED) is 0.520. The molecule has 0 saturated carbocycles. The minimum atomic E-state index is -1.40. The molecule has 2 aliphatic heterocycles. The highest BCUT2D eigenvalue weighted by Gasteiger charge is 2.55. The third kappa shape index (κ3) is 2.04. The maximum atomic E-state index is 12.7. The lowest BCUT2D eigenvalue weighted by Crippen LogP contribution is -2.33. The zero-order valence-electron chi connectivity index (χ0n) is 13.5. The minimum absolute atomic E-state index is 0.0192. The van der Waals surface area contributed by atoms with Gasteiger partial charge in [-0.15, -0.1) is 0 Å². The van der Waals surface area contributed by atoms with Crippen molar-refractivity contribution in [1.82, 2.24) is 0 Å². The van der Waals surface area contributed by atoms with Gasteiger partial charge in [0.25, 0.3) is 0 Å². The highest BCUT2D eigenvalue weighted by molar-refractivity contribution is 6.33. The van der Waals surface area contributed by atoms with Crippen LogP contribution in [-0.2, 0) is 10.3 Å². The van der Waals surface area contributed by atoms with E-state index >= 15 is 0 Å². The first kappa shape index (κ1) is 16.3. The lowest BCUT2D eigenvalue weighted by molar-refractivity contribution is 0.0224. The SMILES string of the molecule is O=C1OC2(c3ccc(O)cc3Oc3cc(O)c(Cl)cc32)c2c(Cl)cccc21. The topological polar surface area (TPSA) is 76.0 Å². The first-order valence-electron chi connectivity index (χ1n) is 7.98. The van der Waals surface area contributed by atoms with E-state index in [0.717, 1.165) is 0 Å². The standard InChI is InChI=1S/C20H10Cl2O5/c21-13-3-1-2-10-18(13)20(27-19(10)25)11-5-4-9(23)6-16(11)26-17-8-15(24)14(22)7-12(17)20/h1-8,23-24H. The fourth-order valence-corrected chi connectivity index (χ4v) is 4.20. The van der Waals surface area contributed by atoms with Crippen LogP contribution in [0.25, 0.3) is 0 Å². The molecule has 1 atom stereocenters. The molecule has 0 bridgehead atoms. The monoisotopic (exact) mass is 400 g/mol. The van der Waals surface area contributed by atoms with E-state index in [1.807, 2.05) is 0 Å². The van der Waals surface area contributed by atoms with Gasteiger partial charge in [0.2, 0.25) is 0 Å². The van der Waals surface area contributed by atoms with Gasteiger partial charge in [0.1, 0.15) is 23.0 Å². The van der Waals surface area contributed by atoms with Crippen molar-refractivity contribution in [3.63, 3.8) is 0 Å².